The summed E-state index contributed by atoms with van der Waals surface area (Å²) in [7, 11) is -3.72. The van der Waals surface area contributed by atoms with Crippen LogP contribution >= 0.6 is 23.2 Å². The number of aromatic nitrogens is 4. The van der Waals surface area contributed by atoms with Gasteiger partial charge in [-0.3, -0.25) is 0 Å². The van der Waals surface area contributed by atoms with E-state index in [1.54, 1.807) is 23.1 Å². The largest absolute Gasteiger partial charge is 0.354 e. The Bertz CT molecular complexity index is 1080. The zero-order valence-electron chi connectivity index (χ0n) is 14.6. The number of halogens is 2. The molecular weight excluding hydrogens is 423 g/mol. The molecule has 4 rings (SSSR count). The van der Waals surface area contributed by atoms with Crippen LogP contribution < -0.4 is 4.90 Å². The zero-order valence-corrected chi connectivity index (χ0v) is 16.9. The Morgan fingerprint density at radius 3 is 2.43 bits per heavy atom. The summed E-state index contributed by atoms with van der Waals surface area (Å²) in [6, 6.07) is 8.07. The lowest BCUT2D eigenvalue weighted by Gasteiger charge is -2.34. The van der Waals surface area contributed by atoms with Gasteiger partial charge < -0.3 is 4.90 Å². The second-order valence-electron chi connectivity index (χ2n) is 6.15. The van der Waals surface area contributed by atoms with Crippen LogP contribution in [0.3, 0.4) is 0 Å². The molecule has 8 nitrogen and oxygen atoms in total. The molecule has 1 aliphatic rings. The standard InChI is InChI=1S/C17H16Cl2N6O2S/c18-13-2-3-14(19)15(10-13)28(26,27)24-8-6-23(7-9-24)16-11-17(21-12-20-16)25-5-1-4-22-25/h1-5,10-12H,6-9H2. The number of benzene rings is 1. The highest BCUT2D eigenvalue weighted by Gasteiger charge is 2.30. The van der Waals surface area contributed by atoms with Crippen LogP contribution in [0.25, 0.3) is 5.82 Å². The van der Waals surface area contributed by atoms with Gasteiger partial charge in [-0.1, -0.05) is 23.2 Å². The van der Waals surface area contributed by atoms with Gasteiger partial charge in [0, 0.05) is 49.7 Å². The molecule has 0 aliphatic carbocycles. The van der Waals surface area contributed by atoms with Crippen LogP contribution in [-0.2, 0) is 10.0 Å². The van der Waals surface area contributed by atoms with Crippen LogP contribution in [0.1, 0.15) is 0 Å². The fraction of sp³-hybridized carbons (Fsp3) is 0.235. The second-order valence-corrected chi connectivity index (χ2v) is 8.90. The van der Waals surface area contributed by atoms with Crippen LogP contribution in [0, 0.1) is 0 Å². The Morgan fingerprint density at radius 2 is 1.71 bits per heavy atom. The van der Waals surface area contributed by atoms with E-state index in [0.717, 1.165) is 5.82 Å². The molecule has 0 bridgehead atoms. The van der Waals surface area contributed by atoms with Gasteiger partial charge in [0.2, 0.25) is 10.0 Å². The second kappa shape index (κ2) is 7.67. The molecule has 1 fully saturated rings. The molecular formula is C17H16Cl2N6O2S. The number of piperazine rings is 1. The van der Waals surface area contributed by atoms with Crippen LogP contribution in [0.2, 0.25) is 10.0 Å². The third-order valence-electron chi connectivity index (χ3n) is 4.45. The number of sulfonamides is 1. The van der Waals surface area contributed by atoms with Crippen molar-refractivity contribution in [1.82, 2.24) is 24.1 Å². The van der Waals surface area contributed by atoms with E-state index in [9.17, 15) is 8.42 Å². The molecule has 2 aromatic heterocycles. The minimum Gasteiger partial charge on any atom is -0.354 e. The molecule has 1 aliphatic heterocycles. The lowest BCUT2D eigenvalue weighted by atomic mass is 10.3. The van der Waals surface area contributed by atoms with E-state index < -0.39 is 10.0 Å². The van der Waals surface area contributed by atoms with E-state index in [-0.39, 0.29) is 9.92 Å². The van der Waals surface area contributed by atoms with Crippen molar-refractivity contribution in [3.05, 3.63) is 59.1 Å². The van der Waals surface area contributed by atoms with E-state index in [1.165, 1.54) is 22.8 Å². The van der Waals surface area contributed by atoms with E-state index in [2.05, 4.69) is 15.1 Å². The first-order chi connectivity index (χ1) is 13.4. The number of hydrogen-bond acceptors (Lipinski definition) is 6. The molecule has 28 heavy (non-hydrogen) atoms. The maximum absolute atomic E-state index is 12.9. The first-order valence-electron chi connectivity index (χ1n) is 8.47. The lowest BCUT2D eigenvalue weighted by Crippen LogP contribution is -2.49. The van der Waals surface area contributed by atoms with Gasteiger partial charge in [0.15, 0.2) is 5.82 Å². The number of rotatable bonds is 4. The van der Waals surface area contributed by atoms with E-state index >= 15 is 0 Å². The van der Waals surface area contributed by atoms with Crippen molar-refractivity contribution < 1.29 is 8.42 Å². The summed E-state index contributed by atoms with van der Waals surface area (Å²) in [5.74, 6) is 1.37. The Balaban J connectivity index is 1.51. The average Bonchev–Trinajstić information content (AvgIpc) is 3.25. The third-order valence-corrected chi connectivity index (χ3v) is 7.07. The normalized spacial score (nSPS) is 15.7. The summed E-state index contributed by atoms with van der Waals surface area (Å²) in [5.41, 5.74) is 0. The lowest BCUT2D eigenvalue weighted by molar-refractivity contribution is 0.383. The fourth-order valence-corrected chi connectivity index (χ4v) is 5.17. The first-order valence-corrected chi connectivity index (χ1v) is 10.7. The van der Waals surface area contributed by atoms with Gasteiger partial charge in [0.1, 0.15) is 17.0 Å². The van der Waals surface area contributed by atoms with Crippen LogP contribution in [0.4, 0.5) is 5.82 Å². The van der Waals surface area contributed by atoms with Gasteiger partial charge in [0.25, 0.3) is 0 Å². The predicted octanol–water partition coefficient (Wildman–Crippen LogP) is 2.48. The van der Waals surface area contributed by atoms with E-state index in [0.29, 0.717) is 37.0 Å². The van der Waals surface area contributed by atoms with Gasteiger partial charge in [-0.05, 0) is 24.3 Å². The van der Waals surface area contributed by atoms with Gasteiger partial charge in [-0.15, -0.1) is 0 Å². The summed E-state index contributed by atoms with van der Waals surface area (Å²) < 4.78 is 28.9. The van der Waals surface area contributed by atoms with Crippen molar-refractivity contribution in [1.29, 1.82) is 0 Å². The molecule has 0 radical (unpaired) electrons. The summed E-state index contributed by atoms with van der Waals surface area (Å²) >= 11 is 12.0. The topological polar surface area (TPSA) is 84.2 Å². The maximum Gasteiger partial charge on any atom is 0.244 e. The van der Waals surface area contributed by atoms with Crippen molar-refractivity contribution in [2.75, 3.05) is 31.1 Å². The fourth-order valence-electron chi connectivity index (χ4n) is 3.01. The van der Waals surface area contributed by atoms with Crippen molar-refractivity contribution in [2.24, 2.45) is 0 Å². The third kappa shape index (κ3) is 3.70. The first kappa shape index (κ1) is 19.1. The Morgan fingerprint density at radius 1 is 0.964 bits per heavy atom. The quantitative estimate of drug-likeness (QED) is 0.621. The zero-order chi connectivity index (χ0) is 19.7. The monoisotopic (exact) mass is 438 g/mol. The van der Waals surface area contributed by atoms with E-state index in [1.807, 2.05) is 17.0 Å². The molecule has 0 unspecified atom stereocenters. The molecule has 0 N–H and O–H groups in total. The SMILES string of the molecule is O=S(=O)(c1cc(Cl)ccc1Cl)N1CCN(c2cc(-n3cccn3)ncn2)CC1. The molecule has 3 heterocycles. The molecule has 3 aromatic rings. The molecule has 1 aromatic carbocycles. The molecule has 0 amide bonds. The number of anilines is 1. The van der Waals surface area contributed by atoms with Gasteiger partial charge in [-0.2, -0.15) is 9.40 Å². The average molecular weight is 439 g/mol. The van der Waals surface area contributed by atoms with Crippen LogP contribution in [-0.4, -0.2) is 58.7 Å². The van der Waals surface area contributed by atoms with Crippen molar-refractivity contribution in [3.8, 4) is 5.82 Å². The Labute approximate surface area is 172 Å². The highest BCUT2D eigenvalue weighted by molar-refractivity contribution is 7.89. The van der Waals surface area contributed by atoms with Crippen LogP contribution in [0.5, 0.6) is 0 Å². The van der Waals surface area contributed by atoms with Gasteiger partial charge >= 0.3 is 0 Å². The molecule has 0 atom stereocenters. The van der Waals surface area contributed by atoms with Crippen molar-refractivity contribution in [3.63, 3.8) is 0 Å². The van der Waals surface area contributed by atoms with Crippen molar-refractivity contribution in [2.45, 2.75) is 4.90 Å². The Hall–Kier alpha value is -2.20. The Kier molecular flexibility index (Phi) is 5.24. The van der Waals surface area contributed by atoms with E-state index in [4.69, 9.17) is 23.2 Å². The van der Waals surface area contributed by atoms with Gasteiger partial charge in [0.05, 0.1) is 5.02 Å². The minimum atomic E-state index is -3.72. The predicted molar refractivity (Wildman–Crippen MR) is 107 cm³/mol. The highest BCUT2D eigenvalue weighted by atomic mass is 35.5. The van der Waals surface area contributed by atoms with Crippen LogP contribution in [0.15, 0.2) is 53.9 Å². The highest BCUT2D eigenvalue weighted by Crippen LogP contribution is 2.28. The summed E-state index contributed by atoms with van der Waals surface area (Å²) in [6.07, 6.45) is 4.94. The molecule has 146 valence electrons. The molecule has 0 spiro atoms. The molecule has 1 saturated heterocycles. The summed E-state index contributed by atoms with van der Waals surface area (Å²) in [6.45, 7) is 1.61. The summed E-state index contributed by atoms with van der Waals surface area (Å²) in [4.78, 5) is 10.6. The molecule has 0 saturated carbocycles. The maximum atomic E-state index is 12.9. The summed E-state index contributed by atoms with van der Waals surface area (Å²) in [5, 5.41) is 4.65. The minimum absolute atomic E-state index is 0.0260. The van der Waals surface area contributed by atoms with Gasteiger partial charge in [-0.25, -0.2) is 23.1 Å². The number of hydrogen-bond donors (Lipinski definition) is 0. The van der Waals surface area contributed by atoms with Crippen molar-refractivity contribution >= 4 is 39.0 Å². The number of nitrogens with zero attached hydrogens (tertiary/aromatic N) is 6. The molecule has 11 heteroatoms. The smallest absolute Gasteiger partial charge is 0.244 e.